The fraction of sp³-hybridized carbons (Fsp3) is 0.542. The number of morpholine rings is 2. The van der Waals surface area contributed by atoms with Crippen LogP contribution < -0.4 is 15.1 Å². The molecule has 1 aliphatic carbocycles. The molecule has 0 atom stereocenters. The van der Waals surface area contributed by atoms with E-state index >= 15 is 0 Å². The largest absolute Gasteiger partial charge is 0.462 e. The van der Waals surface area contributed by atoms with Gasteiger partial charge in [-0.3, -0.25) is 10.3 Å². The summed E-state index contributed by atoms with van der Waals surface area (Å²) >= 11 is 0. The fourth-order valence-corrected chi connectivity index (χ4v) is 4.50. The lowest BCUT2D eigenvalue weighted by molar-refractivity contribution is 0.0317. The molecule has 176 valence electrons. The van der Waals surface area contributed by atoms with E-state index in [1.807, 2.05) is 6.07 Å². The molecule has 5 rings (SSSR count). The number of aryl methyl sites for hydroxylation is 1. The number of anilines is 2. The van der Waals surface area contributed by atoms with Crippen LogP contribution in [-0.2, 0) is 15.9 Å². The molecular weight excluding hydrogens is 420 g/mol. The fourth-order valence-electron chi connectivity index (χ4n) is 4.50. The highest BCUT2D eigenvalue weighted by Crippen LogP contribution is 2.26. The summed E-state index contributed by atoms with van der Waals surface area (Å²) < 4.78 is 16.9. The monoisotopic (exact) mass is 452 g/mol. The average molecular weight is 453 g/mol. The van der Waals surface area contributed by atoms with Crippen LogP contribution in [0.5, 0.6) is 6.01 Å². The Morgan fingerprint density at radius 1 is 1.03 bits per heavy atom. The highest BCUT2D eigenvalue weighted by Gasteiger charge is 2.20. The van der Waals surface area contributed by atoms with Crippen molar-refractivity contribution in [3.8, 4) is 6.01 Å². The Balaban J connectivity index is 1.31. The van der Waals surface area contributed by atoms with Crippen LogP contribution in [0.25, 0.3) is 0 Å². The predicted octanol–water partition coefficient (Wildman–Crippen LogP) is 2.10. The van der Waals surface area contributed by atoms with E-state index in [2.05, 4.69) is 50.3 Å². The van der Waals surface area contributed by atoms with E-state index in [1.165, 1.54) is 16.7 Å². The number of rotatable bonds is 7. The number of fused-ring (bicyclic) bond motifs is 1. The number of benzene rings is 1. The Kier molecular flexibility index (Phi) is 6.99. The van der Waals surface area contributed by atoms with Gasteiger partial charge in [0.2, 0.25) is 0 Å². The first-order chi connectivity index (χ1) is 16.3. The van der Waals surface area contributed by atoms with Crippen LogP contribution >= 0.6 is 0 Å². The third-order valence-electron chi connectivity index (χ3n) is 6.41. The van der Waals surface area contributed by atoms with E-state index in [1.54, 1.807) is 0 Å². The molecule has 2 saturated heterocycles. The zero-order valence-corrected chi connectivity index (χ0v) is 19.3. The zero-order chi connectivity index (χ0) is 22.5. The van der Waals surface area contributed by atoms with E-state index in [9.17, 15) is 0 Å². The molecule has 33 heavy (non-hydrogen) atoms. The van der Waals surface area contributed by atoms with Gasteiger partial charge in [-0.15, -0.1) is 0 Å². The quantitative estimate of drug-likeness (QED) is 0.640. The first-order valence-corrected chi connectivity index (χ1v) is 11.8. The van der Waals surface area contributed by atoms with E-state index in [-0.39, 0.29) is 0 Å². The summed E-state index contributed by atoms with van der Waals surface area (Å²) in [6, 6.07) is 8.72. The van der Waals surface area contributed by atoms with Gasteiger partial charge in [0.25, 0.3) is 0 Å². The van der Waals surface area contributed by atoms with Crippen molar-refractivity contribution in [2.75, 3.05) is 76.1 Å². The molecule has 3 heterocycles. The second-order valence-corrected chi connectivity index (χ2v) is 8.57. The van der Waals surface area contributed by atoms with Gasteiger partial charge in [0.05, 0.1) is 32.1 Å². The highest BCUT2D eigenvalue weighted by atomic mass is 16.5. The van der Waals surface area contributed by atoms with Crippen LogP contribution in [0.4, 0.5) is 11.6 Å². The average Bonchev–Trinajstić information content (AvgIpc) is 3.28. The molecule has 1 aromatic carbocycles. The van der Waals surface area contributed by atoms with Crippen molar-refractivity contribution in [1.29, 1.82) is 0 Å². The molecule has 0 unspecified atom stereocenters. The summed E-state index contributed by atoms with van der Waals surface area (Å²) in [5, 5.41) is 4.71. The first kappa shape index (κ1) is 22.1. The Hall–Kier alpha value is -2.75. The summed E-state index contributed by atoms with van der Waals surface area (Å²) in [7, 11) is 0. The van der Waals surface area contributed by atoms with Crippen molar-refractivity contribution in [3.63, 3.8) is 0 Å². The normalized spacial score (nSPS) is 20.2. The number of ether oxygens (including phenoxy) is 3. The van der Waals surface area contributed by atoms with Crippen LogP contribution in [0.2, 0.25) is 0 Å². The van der Waals surface area contributed by atoms with Crippen LogP contribution in [0, 0.1) is 6.92 Å². The number of hydrazone groups is 1. The number of nitrogens with one attached hydrogen (secondary N) is 1. The molecule has 3 aliphatic rings. The number of hydrogen-bond acceptors (Lipinski definition) is 9. The SMILES string of the molecule is Cc1cccc2c1CC/C2=N/Nc1cc(N2CCOCC2)nc(OCCN2CCOCC2)n1. The van der Waals surface area contributed by atoms with Crippen molar-refractivity contribution in [2.45, 2.75) is 19.8 Å². The maximum Gasteiger partial charge on any atom is 0.320 e. The summed E-state index contributed by atoms with van der Waals surface area (Å²) in [6.07, 6.45) is 1.96. The van der Waals surface area contributed by atoms with Crippen molar-refractivity contribution in [3.05, 3.63) is 41.0 Å². The van der Waals surface area contributed by atoms with E-state index in [4.69, 9.17) is 19.3 Å². The minimum absolute atomic E-state index is 0.373. The van der Waals surface area contributed by atoms with Gasteiger partial charge in [-0.05, 0) is 30.9 Å². The molecule has 1 aromatic heterocycles. The summed E-state index contributed by atoms with van der Waals surface area (Å²) in [5.41, 5.74) is 8.19. The van der Waals surface area contributed by atoms with Crippen molar-refractivity contribution < 1.29 is 14.2 Å². The topological polar surface area (TPSA) is 84.3 Å². The lowest BCUT2D eigenvalue weighted by Gasteiger charge is -2.28. The summed E-state index contributed by atoms with van der Waals surface area (Å²) in [5.74, 6) is 1.47. The van der Waals surface area contributed by atoms with Gasteiger partial charge < -0.3 is 19.1 Å². The molecule has 9 heteroatoms. The van der Waals surface area contributed by atoms with E-state index in [0.29, 0.717) is 31.6 Å². The Morgan fingerprint density at radius 3 is 2.64 bits per heavy atom. The van der Waals surface area contributed by atoms with E-state index in [0.717, 1.165) is 70.3 Å². The maximum absolute atomic E-state index is 5.97. The van der Waals surface area contributed by atoms with Crippen molar-refractivity contribution >= 4 is 17.3 Å². The third kappa shape index (κ3) is 5.43. The lowest BCUT2D eigenvalue weighted by atomic mass is 10.0. The summed E-state index contributed by atoms with van der Waals surface area (Å²) in [6.45, 7) is 9.93. The molecule has 0 saturated carbocycles. The van der Waals surface area contributed by atoms with Gasteiger partial charge in [0, 0.05) is 44.4 Å². The maximum atomic E-state index is 5.97. The minimum Gasteiger partial charge on any atom is -0.462 e. The van der Waals surface area contributed by atoms with Gasteiger partial charge in [0.15, 0.2) is 5.82 Å². The molecular formula is C24H32N6O3. The standard InChI is InChI=1S/C24H32N6O3/c1-18-3-2-4-20-19(18)5-6-21(20)27-28-22-17-23(30-10-14-32-15-11-30)26-24(25-22)33-16-9-29-7-12-31-13-8-29/h2-4,17H,5-16H2,1H3,(H,25,26,28)/b27-21-. The molecule has 1 N–H and O–H groups in total. The van der Waals surface area contributed by atoms with Gasteiger partial charge in [-0.25, -0.2) is 0 Å². The summed E-state index contributed by atoms with van der Waals surface area (Å²) in [4.78, 5) is 13.8. The zero-order valence-electron chi connectivity index (χ0n) is 19.3. The third-order valence-corrected chi connectivity index (χ3v) is 6.41. The predicted molar refractivity (Wildman–Crippen MR) is 127 cm³/mol. The second-order valence-electron chi connectivity index (χ2n) is 8.57. The second kappa shape index (κ2) is 10.5. The lowest BCUT2D eigenvalue weighted by Crippen LogP contribution is -2.39. The van der Waals surface area contributed by atoms with Gasteiger partial charge in [0.1, 0.15) is 12.4 Å². The van der Waals surface area contributed by atoms with Crippen molar-refractivity contribution in [1.82, 2.24) is 14.9 Å². The highest BCUT2D eigenvalue weighted by molar-refractivity contribution is 6.05. The molecule has 2 fully saturated rings. The van der Waals surface area contributed by atoms with Crippen LogP contribution in [0.1, 0.15) is 23.1 Å². The van der Waals surface area contributed by atoms with Crippen LogP contribution in [-0.4, -0.2) is 86.3 Å². The Labute approximate surface area is 194 Å². The first-order valence-electron chi connectivity index (χ1n) is 11.8. The molecule has 2 aliphatic heterocycles. The Morgan fingerprint density at radius 2 is 1.82 bits per heavy atom. The number of nitrogens with zero attached hydrogens (tertiary/aromatic N) is 5. The van der Waals surface area contributed by atoms with E-state index < -0.39 is 0 Å². The van der Waals surface area contributed by atoms with Crippen LogP contribution in [0.15, 0.2) is 29.4 Å². The molecule has 0 radical (unpaired) electrons. The molecule has 0 spiro atoms. The number of hydrogen-bond donors (Lipinski definition) is 1. The van der Waals surface area contributed by atoms with Gasteiger partial charge in [-0.2, -0.15) is 15.1 Å². The Bertz CT molecular complexity index is 986. The van der Waals surface area contributed by atoms with Gasteiger partial charge in [-0.1, -0.05) is 18.2 Å². The number of aromatic nitrogens is 2. The van der Waals surface area contributed by atoms with Crippen molar-refractivity contribution in [2.24, 2.45) is 5.10 Å². The molecule has 9 nitrogen and oxygen atoms in total. The molecule has 0 amide bonds. The molecule has 0 bridgehead atoms. The molecule has 2 aromatic rings. The van der Waals surface area contributed by atoms with Gasteiger partial charge >= 0.3 is 6.01 Å². The minimum atomic E-state index is 0.373. The smallest absolute Gasteiger partial charge is 0.320 e. The van der Waals surface area contributed by atoms with Crippen LogP contribution in [0.3, 0.4) is 0 Å².